The first-order valence-electron chi connectivity index (χ1n) is 13.1. The number of benzene rings is 5. The Bertz CT molecular complexity index is 1860. The van der Waals surface area contributed by atoms with Gasteiger partial charge in [-0.3, -0.25) is 0 Å². The van der Waals surface area contributed by atoms with Crippen LogP contribution in [0.25, 0.3) is 62.1 Å². The molecule has 1 aromatic heterocycles. The Labute approximate surface area is 232 Å². The molecule has 5 aromatic carbocycles. The van der Waals surface area contributed by atoms with Crippen LogP contribution in [-0.4, -0.2) is 15.0 Å². The Hall–Kier alpha value is -4.60. The fourth-order valence-corrected chi connectivity index (χ4v) is 5.46. The molecule has 0 N–H and O–H groups in total. The SMILES string of the molecule is Clc1ccc(-c2ccc(-c3nc(-c4ccccc4)nc(-c4ccc5c(c4)C=CCC5)n3)cc2)c2ccccc12. The average Bonchev–Trinajstić information content (AvgIpc) is 3.01. The molecule has 3 nitrogen and oxygen atoms in total. The molecule has 0 aliphatic heterocycles. The average molecular weight is 522 g/mol. The van der Waals surface area contributed by atoms with Crippen LogP contribution in [0, 0.1) is 0 Å². The molecular weight excluding hydrogens is 498 g/mol. The highest BCUT2D eigenvalue weighted by molar-refractivity contribution is 6.36. The molecule has 0 unspecified atom stereocenters. The highest BCUT2D eigenvalue weighted by Crippen LogP contribution is 2.34. The van der Waals surface area contributed by atoms with Gasteiger partial charge in [0.2, 0.25) is 0 Å². The summed E-state index contributed by atoms with van der Waals surface area (Å²) in [5.41, 5.74) is 7.76. The zero-order valence-corrected chi connectivity index (χ0v) is 21.9. The van der Waals surface area contributed by atoms with Crippen LogP contribution in [-0.2, 0) is 6.42 Å². The maximum absolute atomic E-state index is 6.47. The summed E-state index contributed by atoms with van der Waals surface area (Å²) >= 11 is 6.47. The summed E-state index contributed by atoms with van der Waals surface area (Å²) < 4.78 is 0. The van der Waals surface area contributed by atoms with Crippen molar-refractivity contribution in [2.24, 2.45) is 0 Å². The zero-order chi connectivity index (χ0) is 26.2. The van der Waals surface area contributed by atoms with Gasteiger partial charge in [-0.2, -0.15) is 0 Å². The predicted octanol–water partition coefficient (Wildman–Crippen LogP) is 9.31. The smallest absolute Gasteiger partial charge is 0.164 e. The zero-order valence-electron chi connectivity index (χ0n) is 21.2. The van der Waals surface area contributed by atoms with E-state index in [0.717, 1.165) is 56.5 Å². The van der Waals surface area contributed by atoms with E-state index in [1.54, 1.807) is 0 Å². The third-order valence-corrected chi connectivity index (χ3v) is 7.60. The number of hydrogen-bond acceptors (Lipinski definition) is 3. The molecule has 186 valence electrons. The van der Waals surface area contributed by atoms with Gasteiger partial charge in [-0.25, -0.2) is 15.0 Å². The quantitative estimate of drug-likeness (QED) is 0.232. The van der Waals surface area contributed by atoms with Crippen LogP contribution in [0.1, 0.15) is 17.5 Å². The van der Waals surface area contributed by atoms with Crippen LogP contribution in [0.4, 0.5) is 0 Å². The van der Waals surface area contributed by atoms with E-state index in [1.807, 2.05) is 48.5 Å². The first-order chi connectivity index (χ1) is 19.2. The molecule has 0 atom stereocenters. The Morgan fingerprint density at radius 3 is 1.92 bits per heavy atom. The number of rotatable bonds is 4. The Balaban J connectivity index is 1.33. The van der Waals surface area contributed by atoms with Gasteiger partial charge in [-0.1, -0.05) is 121 Å². The number of nitrogens with zero attached hydrogens (tertiary/aromatic N) is 3. The molecule has 0 bridgehead atoms. The number of hydrogen-bond donors (Lipinski definition) is 0. The van der Waals surface area contributed by atoms with Gasteiger partial charge in [0.25, 0.3) is 0 Å². The maximum Gasteiger partial charge on any atom is 0.164 e. The van der Waals surface area contributed by atoms with E-state index >= 15 is 0 Å². The van der Waals surface area contributed by atoms with Gasteiger partial charge in [0.05, 0.1) is 0 Å². The van der Waals surface area contributed by atoms with E-state index in [0.29, 0.717) is 17.5 Å². The minimum Gasteiger partial charge on any atom is -0.208 e. The molecule has 0 saturated carbocycles. The molecule has 0 fully saturated rings. The van der Waals surface area contributed by atoms with Crippen molar-refractivity contribution in [2.75, 3.05) is 0 Å². The lowest BCUT2D eigenvalue weighted by Crippen LogP contribution is -2.01. The topological polar surface area (TPSA) is 38.7 Å². The van der Waals surface area contributed by atoms with E-state index in [4.69, 9.17) is 26.6 Å². The summed E-state index contributed by atoms with van der Waals surface area (Å²) in [5, 5.41) is 2.94. The minimum atomic E-state index is 0.652. The van der Waals surface area contributed by atoms with Crippen LogP contribution < -0.4 is 0 Å². The molecule has 1 aliphatic rings. The van der Waals surface area contributed by atoms with Crippen LogP contribution in [0.3, 0.4) is 0 Å². The van der Waals surface area contributed by atoms with E-state index in [2.05, 4.69) is 72.8 Å². The molecule has 7 rings (SSSR count). The number of halogens is 1. The first-order valence-corrected chi connectivity index (χ1v) is 13.5. The van der Waals surface area contributed by atoms with Gasteiger partial charge in [0.15, 0.2) is 17.5 Å². The monoisotopic (exact) mass is 521 g/mol. The highest BCUT2D eigenvalue weighted by atomic mass is 35.5. The minimum absolute atomic E-state index is 0.652. The second kappa shape index (κ2) is 9.94. The van der Waals surface area contributed by atoms with Gasteiger partial charge >= 0.3 is 0 Å². The summed E-state index contributed by atoms with van der Waals surface area (Å²) in [4.78, 5) is 14.7. The van der Waals surface area contributed by atoms with Crippen molar-refractivity contribution < 1.29 is 0 Å². The van der Waals surface area contributed by atoms with Gasteiger partial charge < -0.3 is 0 Å². The molecule has 6 aromatic rings. The molecule has 0 spiro atoms. The Morgan fingerprint density at radius 2 is 1.15 bits per heavy atom. The maximum atomic E-state index is 6.47. The van der Waals surface area contributed by atoms with E-state index < -0.39 is 0 Å². The number of fused-ring (bicyclic) bond motifs is 2. The lowest BCUT2D eigenvalue weighted by atomic mass is 9.95. The van der Waals surface area contributed by atoms with E-state index in [9.17, 15) is 0 Å². The van der Waals surface area contributed by atoms with Crippen LogP contribution in [0.5, 0.6) is 0 Å². The molecule has 1 heterocycles. The lowest BCUT2D eigenvalue weighted by Gasteiger charge is -2.13. The van der Waals surface area contributed by atoms with Crippen LogP contribution >= 0.6 is 11.6 Å². The van der Waals surface area contributed by atoms with Crippen molar-refractivity contribution in [2.45, 2.75) is 12.8 Å². The predicted molar refractivity (Wildman–Crippen MR) is 161 cm³/mol. The third-order valence-electron chi connectivity index (χ3n) is 7.27. The van der Waals surface area contributed by atoms with E-state index in [1.165, 1.54) is 11.1 Å². The Kier molecular flexibility index (Phi) is 5.99. The molecule has 0 radical (unpaired) electrons. The summed E-state index contributed by atoms with van der Waals surface area (Å²) in [6.07, 6.45) is 6.58. The largest absolute Gasteiger partial charge is 0.208 e. The van der Waals surface area contributed by atoms with Crippen molar-refractivity contribution in [3.05, 3.63) is 131 Å². The molecule has 0 amide bonds. The molecule has 39 heavy (non-hydrogen) atoms. The second-order valence-electron chi connectivity index (χ2n) is 9.74. The molecule has 1 aliphatic carbocycles. The fourth-order valence-electron chi connectivity index (χ4n) is 5.23. The molecular formula is C35H24ClN3. The van der Waals surface area contributed by atoms with Gasteiger partial charge in [-0.05, 0) is 52.6 Å². The lowest BCUT2D eigenvalue weighted by molar-refractivity contribution is 0.985. The molecule has 4 heteroatoms. The summed E-state index contributed by atoms with van der Waals surface area (Å²) in [6, 6.07) is 37.3. The fraction of sp³-hybridized carbons (Fsp3) is 0.0571. The molecule has 0 saturated heterocycles. The summed E-state index contributed by atoms with van der Waals surface area (Å²) in [7, 11) is 0. The van der Waals surface area contributed by atoms with Crippen LogP contribution in [0.15, 0.2) is 115 Å². The van der Waals surface area contributed by atoms with Crippen molar-refractivity contribution >= 4 is 28.4 Å². The van der Waals surface area contributed by atoms with Crippen molar-refractivity contribution in [3.8, 4) is 45.3 Å². The summed E-state index contributed by atoms with van der Waals surface area (Å²) in [6.45, 7) is 0. The van der Waals surface area contributed by atoms with Crippen molar-refractivity contribution in [1.82, 2.24) is 15.0 Å². The normalized spacial score (nSPS) is 12.4. The van der Waals surface area contributed by atoms with Crippen molar-refractivity contribution in [1.29, 1.82) is 0 Å². The van der Waals surface area contributed by atoms with Gasteiger partial charge in [0.1, 0.15) is 0 Å². The second-order valence-corrected chi connectivity index (χ2v) is 10.2. The number of aryl methyl sites for hydroxylation is 1. The van der Waals surface area contributed by atoms with Crippen LogP contribution in [0.2, 0.25) is 5.02 Å². The standard InChI is InChI=1S/C35H24ClN3/c36-32-21-20-29(30-12-6-7-13-31(30)32)24-15-17-26(18-16-24)34-37-33(25-9-2-1-3-10-25)38-35(39-34)28-19-14-23-8-4-5-11-27(23)22-28/h1-3,5-7,9-22H,4,8H2. The number of allylic oxidation sites excluding steroid dienone is 1. The number of aromatic nitrogens is 3. The van der Waals surface area contributed by atoms with Crippen molar-refractivity contribution in [3.63, 3.8) is 0 Å². The highest BCUT2D eigenvalue weighted by Gasteiger charge is 2.15. The third kappa shape index (κ3) is 4.52. The van der Waals surface area contributed by atoms with Gasteiger partial charge in [0, 0.05) is 27.1 Å². The van der Waals surface area contributed by atoms with Gasteiger partial charge in [-0.15, -0.1) is 0 Å². The summed E-state index contributed by atoms with van der Waals surface area (Å²) in [5.74, 6) is 1.99. The first kappa shape index (κ1) is 23.5. The Morgan fingerprint density at radius 1 is 0.538 bits per heavy atom. The van der Waals surface area contributed by atoms with E-state index in [-0.39, 0.29) is 0 Å².